The molecule has 0 spiro atoms. The molecule has 0 saturated heterocycles. The number of carbonyl (C=O) groups is 1. The number of hydrogen-bond acceptors (Lipinski definition) is 3. The summed E-state index contributed by atoms with van der Waals surface area (Å²) in [6.45, 7) is 3.64. The molecule has 1 rings (SSSR count). The van der Waals surface area contributed by atoms with Crippen LogP contribution < -0.4 is 10.1 Å². The van der Waals surface area contributed by atoms with Gasteiger partial charge in [0.05, 0.1) is 17.2 Å². The van der Waals surface area contributed by atoms with Crippen LogP contribution in [0.2, 0.25) is 0 Å². The molecule has 0 saturated carbocycles. The molecule has 0 aliphatic rings. The predicted molar refractivity (Wildman–Crippen MR) is 69.5 cm³/mol. The number of nitrogens with zero attached hydrogens (tertiary/aromatic N) is 1. The van der Waals surface area contributed by atoms with Gasteiger partial charge >= 0.3 is 6.18 Å². The van der Waals surface area contributed by atoms with Crippen LogP contribution in [0, 0.1) is 11.3 Å². The molecule has 1 atom stereocenters. The Labute approximate surface area is 120 Å². The summed E-state index contributed by atoms with van der Waals surface area (Å²) in [5, 5.41) is 11.2. The number of ether oxygens (including phenoxy) is 1. The summed E-state index contributed by atoms with van der Waals surface area (Å²) in [5.74, 6) is -0.963. The summed E-state index contributed by atoms with van der Waals surface area (Å²) < 4.78 is 43.9. The Balaban J connectivity index is 2.98. The molecule has 0 aliphatic carbocycles. The van der Waals surface area contributed by atoms with Gasteiger partial charge in [-0.15, -0.1) is 0 Å². The quantitative estimate of drug-likeness (QED) is 0.909. The monoisotopic (exact) mass is 300 g/mol. The van der Waals surface area contributed by atoms with E-state index < -0.39 is 29.5 Å². The zero-order valence-corrected chi connectivity index (χ0v) is 11.6. The second-order valence-corrected chi connectivity index (χ2v) is 4.37. The van der Waals surface area contributed by atoms with E-state index in [1.807, 2.05) is 6.92 Å². The summed E-state index contributed by atoms with van der Waals surface area (Å²) in [6.07, 6.45) is -5.02. The second-order valence-electron chi connectivity index (χ2n) is 4.37. The molecule has 0 radical (unpaired) electrons. The van der Waals surface area contributed by atoms with Crippen LogP contribution in [0.15, 0.2) is 18.2 Å². The van der Waals surface area contributed by atoms with Gasteiger partial charge in [-0.05, 0) is 31.5 Å². The van der Waals surface area contributed by atoms with Gasteiger partial charge in [0, 0.05) is 6.54 Å². The number of benzene rings is 1. The molecule has 4 nitrogen and oxygen atoms in total. The highest BCUT2D eigenvalue weighted by molar-refractivity contribution is 5.80. The van der Waals surface area contributed by atoms with Crippen LogP contribution in [0.3, 0.4) is 0 Å². The maximum atomic E-state index is 12.9. The van der Waals surface area contributed by atoms with Gasteiger partial charge in [-0.25, -0.2) is 0 Å². The van der Waals surface area contributed by atoms with E-state index in [-0.39, 0.29) is 5.56 Å². The van der Waals surface area contributed by atoms with E-state index in [2.05, 4.69) is 5.32 Å². The van der Waals surface area contributed by atoms with Gasteiger partial charge in [-0.2, -0.15) is 18.4 Å². The van der Waals surface area contributed by atoms with E-state index in [0.29, 0.717) is 19.0 Å². The lowest BCUT2D eigenvalue weighted by molar-refractivity contribution is -0.140. The van der Waals surface area contributed by atoms with Crippen molar-refractivity contribution in [3.63, 3.8) is 0 Å². The van der Waals surface area contributed by atoms with Crippen LogP contribution in [0.25, 0.3) is 0 Å². The Kier molecular flexibility index (Phi) is 5.59. The van der Waals surface area contributed by atoms with Gasteiger partial charge in [0.25, 0.3) is 5.91 Å². The van der Waals surface area contributed by atoms with E-state index in [9.17, 15) is 18.0 Å². The standard InChI is InChI=1S/C14H15F3N2O2/c1-3-6-19-13(20)9(2)21-12-5-4-10(8-18)7-11(12)14(15,16)17/h4-5,7,9H,3,6H2,1-2H3,(H,19,20). The molecule has 0 bridgehead atoms. The fraction of sp³-hybridized carbons (Fsp3) is 0.429. The minimum atomic E-state index is -4.66. The summed E-state index contributed by atoms with van der Waals surface area (Å²) in [4.78, 5) is 11.6. The van der Waals surface area contributed by atoms with Crippen molar-refractivity contribution in [3.05, 3.63) is 29.3 Å². The van der Waals surface area contributed by atoms with Crippen LogP contribution in [-0.4, -0.2) is 18.6 Å². The average molecular weight is 300 g/mol. The predicted octanol–water partition coefficient (Wildman–Crippen LogP) is 2.87. The summed E-state index contributed by atoms with van der Waals surface area (Å²) in [7, 11) is 0. The summed E-state index contributed by atoms with van der Waals surface area (Å²) >= 11 is 0. The Morgan fingerprint density at radius 1 is 1.48 bits per heavy atom. The van der Waals surface area contributed by atoms with Crippen molar-refractivity contribution in [1.29, 1.82) is 5.26 Å². The van der Waals surface area contributed by atoms with Crippen molar-refractivity contribution in [2.45, 2.75) is 32.5 Å². The molecule has 7 heteroatoms. The SMILES string of the molecule is CCCNC(=O)C(C)Oc1ccc(C#N)cc1C(F)(F)F. The Morgan fingerprint density at radius 2 is 2.14 bits per heavy atom. The number of amides is 1. The normalized spacial score (nSPS) is 12.4. The van der Waals surface area contributed by atoms with Crippen LogP contribution in [0.4, 0.5) is 13.2 Å². The smallest absolute Gasteiger partial charge is 0.420 e. The Hall–Kier alpha value is -2.23. The summed E-state index contributed by atoms with van der Waals surface area (Å²) in [5.41, 5.74) is -1.20. The molecule has 1 amide bonds. The third-order valence-corrected chi connectivity index (χ3v) is 2.64. The van der Waals surface area contributed by atoms with Crippen LogP contribution in [0.1, 0.15) is 31.4 Å². The zero-order valence-electron chi connectivity index (χ0n) is 11.6. The van der Waals surface area contributed by atoms with Gasteiger partial charge in [0.1, 0.15) is 5.75 Å². The minimum Gasteiger partial charge on any atom is -0.480 e. The molecule has 1 unspecified atom stereocenters. The first kappa shape index (κ1) is 16.8. The molecule has 1 N–H and O–H groups in total. The van der Waals surface area contributed by atoms with Crippen LogP contribution >= 0.6 is 0 Å². The Bertz CT molecular complexity index is 550. The first-order valence-corrected chi connectivity index (χ1v) is 6.35. The lowest BCUT2D eigenvalue weighted by Crippen LogP contribution is -2.37. The maximum Gasteiger partial charge on any atom is 0.420 e. The third-order valence-electron chi connectivity index (χ3n) is 2.64. The number of rotatable bonds is 5. The topological polar surface area (TPSA) is 62.1 Å². The zero-order chi connectivity index (χ0) is 16.0. The van der Waals surface area contributed by atoms with E-state index in [1.165, 1.54) is 13.0 Å². The highest BCUT2D eigenvalue weighted by Gasteiger charge is 2.35. The van der Waals surface area contributed by atoms with Crippen LogP contribution in [-0.2, 0) is 11.0 Å². The van der Waals surface area contributed by atoms with Gasteiger partial charge in [-0.3, -0.25) is 4.79 Å². The first-order valence-electron chi connectivity index (χ1n) is 6.35. The molecule has 114 valence electrons. The van der Waals surface area contributed by atoms with Crippen molar-refractivity contribution >= 4 is 5.91 Å². The van der Waals surface area contributed by atoms with Gasteiger partial charge in [0.2, 0.25) is 0 Å². The first-order chi connectivity index (χ1) is 9.79. The van der Waals surface area contributed by atoms with Crippen molar-refractivity contribution in [1.82, 2.24) is 5.32 Å². The maximum absolute atomic E-state index is 12.9. The second kappa shape index (κ2) is 6.97. The van der Waals surface area contributed by atoms with E-state index in [1.54, 1.807) is 6.07 Å². The molecule has 21 heavy (non-hydrogen) atoms. The van der Waals surface area contributed by atoms with E-state index >= 15 is 0 Å². The van der Waals surface area contributed by atoms with Crippen LogP contribution in [0.5, 0.6) is 5.75 Å². The molecule has 0 heterocycles. The van der Waals surface area contributed by atoms with Gasteiger partial charge in [-0.1, -0.05) is 6.92 Å². The van der Waals surface area contributed by atoms with Crippen molar-refractivity contribution in [2.24, 2.45) is 0 Å². The summed E-state index contributed by atoms with van der Waals surface area (Å²) in [6, 6.07) is 4.59. The largest absolute Gasteiger partial charge is 0.480 e. The molecule has 0 fully saturated rings. The highest BCUT2D eigenvalue weighted by Crippen LogP contribution is 2.37. The number of alkyl halides is 3. The molecule has 1 aromatic carbocycles. The molecular formula is C14H15F3N2O2. The molecule has 0 aromatic heterocycles. The molecule has 0 aliphatic heterocycles. The van der Waals surface area contributed by atoms with Crippen molar-refractivity contribution in [3.8, 4) is 11.8 Å². The van der Waals surface area contributed by atoms with Crippen molar-refractivity contribution < 1.29 is 22.7 Å². The lowest BCUT2D eigenvalue weighted by atomic mass is 10.1. The molecular weight excluding hydrogens is 285 g/mol. The molecule has 1 aromatic rings. The van der Waals surface area contributed by atoms with Crippen molar-refractivity contribution in [2.75, 3.05) is 6.54 Å². The third kappa shape index (κ3) is 4.67. The van der Waals surface area contributed by atoms with Gasteiger partial charge in [0.15, 0.2) is 6.10 Å². The number of nitriles is 1. The number of halogens is 3. The lowest BCUT2D eigenvalue weighted by Gasteiger charge is -2.18. The minimum absolute atomic E-state index is 0.127. The van der Waals surface area contributed by atoms with E-state index in [4.69, 9.17) is 10.00 Å². The number of carbonyl (C=O) groups excluding carboxylic acids is 1. The van der Waals surface area contributed by atoms with E-state index in [0.717, 1.165) is 6.07 Å². The fourth-order valence-electron chi connectivity index (χ4n) is 1.56. The Morgan fingerprint density at radius 3 is 2.67 bits per heavy atom. The number of nitrogens with one attached hydrogen (secondary N) is 1. The number of hydrogen-bond donors (Lipinski definition) is 1. The van der Waals surface area contributed by atoms with Gasteiger partial charge < -0.3 is 10.1 Å². The fourth-order valence-corrected chi connectivity index (χ4v) is 1.56. The highest BCUT2D eigenvalue weighted by atomic mass is 19.4. The average Bonchev–Trinajstić information content (AvgIpc) is 2.43.